The first-order valence-electron chi connectivity index (χ1n) is 6.54. The Balaban J connectivity index is 1.86. The largest absolute Gasteiger partial charge is 0.465 e. The molecule has 0 unspecified atom stereocenters. The molecule has 1 heterocycles. The normalized spacial score (nSPS) is 16.4. The molecular formula is C16H14N2O3. The predicted octanol–water partition coefficient (Wildman–Crippen LogP) is 2.33. The molecule has 0 radical (unpaired) electrons. The Morgan fingerprint density at radius 2 is 1.76 bits per heavy atom. The van der Waals surface area contributed by atoms with Crippen molar-refractivity contribution in [3.8, 4) is 0 Å². The van der Waals surface area contributed by atoms with Crippen LogP contribution in [0.25, 0.3) is 0 Å². The van der Waals surface area contributed by atoms with Gasteiger partial charge in [-0.2, -0.15) is 0 Å². The van der Waals surface area contributed by atoms with Crippen molar-refractivity contribution in [1.29, 1.82) is 0 Å². The number of carbonyl (C=O) groups excluding carboxylic acids is 2. The van der Waals surface area contributed by atoms with E-state index < -0.39 is 0 Å². The average Bonchev–Trinajstić information content (AvgIpc) is 2.54. The van der Waals surface area contributed by atoms with E-state index in [-0.39, 0.29) is 18.0 Å². The summed E-state index contributed by atoms with van der Waals surface area (Å²) < 4.78 is 4.66. The molecule has 0 fully saturated rings. The minimum Gasteiger partial charge on any atom is -0.465 e. The summed E-state index contributed by atoms with van der Waals surface area (Å²) in [5.74, 6) is -0.501. The van der Waals surface area contributed by atoms with Crippen LogP contribution in [-0.2, 0) is 4.74 Å². The highest BCUT2D eigenvalue weighted by Gasteiger charge is 2.24. The maximum Gasteiger partial charge on any atom is 0.337 e. The quantitative estimate of drug-likeness (QED) is 0.830. The first-order chi connectivity index (χ1) is 10.2. The first-order valence-corrected chi connectivity index (χ1v) is 6.54. The van der Waals surface area contributed by atoms with E-state index in [1.807, 2.05) is 18.2 Å². The first kappa shape index (κ1) is 13.2. The summed E-state index contributed by atoms with van der Waals surface area (Å²) in [6, 6.07) is 14.3. The fourth-order valence-electron chi connectivity index (χ4n) is 2.30. The number of hydrogen-bond acceptors (Lipinski definition) is 4. The molecule has 106 valence electrons. The number of ether oxygens (including phenoxy) is 1. The molecule has 2 N–H and O–H groups in total. The zero-order chi connectivity index (χ0) is 14.8. The molecule has 0 aliphatic carbocycles. The minimum atomic E-state index is -0.382. The monoisotopic (exact) mass is 282 g/mol. The number of benzene rings is 2. The van der Waals surface area contributed by atoms with E-state index in [0.717, 1.165) is 11.3 Å². The Labute approximate surface area is 121 Å². The van der Waals surface area contributed by atoms with Crippen LogP contribution in [0, 0.1) is 0 Å². The number of anilines is 1. The van der Waals surface area contributed by atoms with E-state index in [4.69, 9.17) is 0 Å². The van der Waals surface area contributed by atoms with Gasteiger partial charge in [0.15, 0.2) is 0 Å². The van der Waals surface area contributed by atoms with Gasteiger partial charge in [-0.25, -0.2) is 4.79 Å². The van der Waals surface area contributed by atoms with Gasteiger partial charge in [0.1, 0.15) is 6.17 Å². The zero-order valence-electron chi connectivity index (χ0n) is 11.4. The van der Waals surface area contributed by atoms with Crippen molar-refractivity contribution in [1.82, 2.24) is 5.32 Å². The highest BCUT2D eigenvalue weighted by atomic mass is 16.5. The van der Waals surface area contributed by atoms with Gasteiger partial charge >= 0.3 is 5.97 Å². The molecule has 5 heteroatoms. The van der Waals surface area contributed by atoms with Crippen molar-refractivity contribution in [2.75, 3.05) is 12.4 Å². The van der Waals surface area contributed by atoms with Crippen molar-refractivity contribution in [3.05, 3.63) is 65.2 Å². The van der Waals surface area contributed by atoms with Crippen molar-refractivity contribution in [2.45, 2.75) is 6.17 Å². The molecule has 3 rings (SSSR count). The maximum atomic E-state index is 12.1. The Bertz CT molecular complexity index is 695. The highest BCUT2D eigenvalue weighted by Crippen LogP contribution is 2.26. The molecule has 0 saturated carbocycles. The highest BCUT2D eigenvalue weighted by molar-refractivity contribution is 6.01. The Morgan fingerprint density at radius 1 is 1.05 bits per heavy atom. The Kier molecular flexibility index (Phi) is 3.31. The summed E-state index contributed by atoms with van der Waals surface area (Å²) in [5, 5.41) is 6.14. The number of hydrogen-bond donors (Lipinski definition) is 2. The lowest BCUT2D eigenvalue weighted by Crippen LogP contribution is -2.38. The van der Waals surface area contributed by atoms with Gasteiger partial charge in [0, 0.05) is 5.69 Å². The van der Waals surface area contributed by atoms with Crippen LogP contribution in [0.15, 0.2) is 48.5 Å². The van der Waals surface area contributed by atoms with E-state index in [1.54, 1.807) is 30.3 Å². The fraction of sp³-hybridized carbons (Fsp3) is 0.125. The standard InChI is InChI=1S/C16H14N2O3/c1-21-16(20)11-8-6-10(7-9-11)14-17-13-5-3-2-4-12(13)15(19)18-14/h2-9,14,17H,1H3,(H,18,19)/t14-/m0/s1. The second kappa shape index (κ2) is 5.28. The molecule has 2 aromatic rings. The second-order valence-corrected chi connectivity index (χ2v) is 4.71. The van der Waals surface area contributed by atoms with E-state index in [9.17, 15) is 9.59 Å². The van der Waals surface area contributed by atoms with E-state index >= 15 is 0 Å². The lowest BCUT2D eigenvalue weighted by Gasteiger charge is -2.28. The smallest absolute Gasteiger partial charge is 0.337 e. The number of nitrogens with one attached hydrogen (secondary N) is 2. The van der Waals surface area contributed by atoms with Crippen LogP contribution in [-0.4, -0.2) is 19.0 Å². The fourth-order valence-corrected chi connectivity index (χ4v) is 2.30. The number of rotatable bonds is 2. The number of esters is 1. The van der Waals surface area contributed by atoms with Gasteiger partial charge in [-0.1, -0.05) is 24.3 Å². The number of methoxy groups -OCH3 is 1. The van der Waals surface area contributed by atoms with Crippen LogP contribution in [0.4, 0.5) is 5.69 Å². The molecule has 1 amide bonds. The second-order valence-electron chi connectivity index (χ2n) is 4.71. The molecule has 1 aliphatic rings. The Morgan fingerprint density at radius 3 is 2.48 bits per heavy atom. The number of fused-ring (bicyclic) bond motifs is 1. The SMILES string of the molecule is COC(=O)c1ccc([C@@H]2NC(=O)c3ccccc3N2)cc1. The maximum absolute atomic E-state index is 12.1. The lowest BCUT2D eigenvalue weighted by molar-refractivity contribution is 0.0600. The summed E-state index contributed by atoms with van der Waals surface area (Å²) in [4.78, 5) is 23.5. The van der Waals surface area contributed by atoms with Crippen LogP contribution < -0.4 is 10.6 Å². The van der Waals surface area contributed by atoms with Gasteiger partial charge < -0.3 is 15.4 Å². The van der Waals surface area contributed by atoms with Crippen molar-refractivity contribution in [3.63, 3.8) is 0 Å². The van der Waals surface area contributed by atoms with Gasteiger partial charge in [0.05, 0.1) is 18.2 Å². The summed E-state index contributed by atoms with van der Waals surface area (Å²) in [6.45, 7) is 0. The van der Waals surface area contributed by atoms with Crippen LogP contribution in [0.5, 0.6) is 0 Å². The van der Waals surface area contributed by atoms with E-state index in [2.05, 4.69) is 15.4 Å². The van der Waals surface area contributed by atoms with Crippen molar-refractivity contribution < 1.29 is 14.3 Å². The molecule has 21 heavy (non-hydrogen) atoms. The van der Waals surface area contributed by atoms with Crippen molar-refractivity contribution in [2.24, 2.45) is 0 Å². The van der Waals surface area contributed by atoms with Crippen LogP contribution in [0.2, 0.25) is 0 Å². The topological polar surface area (TPSA) is 67.4 Å². The Hall–Kier alpha value is -2.82. The van der Waals surface area contributed by atoms with Gasteiger partial charge in [-0.05, 0) is 29.8 Å². The van der Waals surface area contributed by atoms with Crippen molar-refractivity contribution >= 4 is 17.6 Å². The third kappa shape index (κ3) is 2.45. The minimum absolute atomic E-state index is 0.119. The number of carbonyl (C=O) groups is 2. The summed E-state index contributed by atoms with van der Waals surface area (Å²) in [7, 11) is 1.34. The number of para-hydroxylation sites is 1. The zero-order valence-corrected chi connectivity index (χ0v) is 11.4. The van der Waals surface area contributed by atoms with Gasteiger partial charge in [0.25, 0.3) is 5.91 Å². The molecule has 2 aromatic carbocycles. The number of amides is 1. The van der Waals surface area contributed by atoms with E-state index in [1.165, 1.54) is 7.11 Å². The molecule has 0 spiro atoms. The summed E-state index contributed by atoms with van der Waals surface area (Å²) >= 11 is 0. The summed E-state index contributed by atoms with van der Waals surface area (Å²) in [5.41, 5.74) is 2.76. The molecule has 0 aromatic heterocycles. The van der Waals surface area contributed by atoms with E-state index in [0.29, 0.717) is 11.1 Å². The van der Waals surface area contributed by atoms with Crippen LogP contribution in [0.3, 0.4) is 0 Å². The molecule has 1 aliphatic heterocycles. The van der Waals surface area contributed by atoms with Gasteiger partial charge in [-0.15, -0.1) is 0 Å². The molecule has 5 nitrogen and oxygen atoms in total. The predicted molar refractivity (Wildman–Crippen MR) is 78.1 cm³/mol. The van der Waals surface area contributed by atoms with Gasteiger partial charge in [-0.3, -0.25) is 4.79 Å². The molecule has 1 atom stereocenters. The molecular weight excluding hydrogens is 268 g/mol. The van der Waals surface area contributed by atoms with Crippen LogP contribution in [0.1, 0.15) is 32.4 Å². The third-order valence-corrected chi connectivity index (χ3v) is 3.41. The van der Waals surface area contributed by atoms with Crippen LogP contribution >= 0.6 is 0 Å². The molecule has 0 bridgehead atoms. The summed E-state index contributed by atoms with van der Waals surface area (Å²) in [6.07, 6.45) is -0.320. The molecule has 0 saturated heterocycles. The average molecular weight is 282 g/mol. The van der Waals surface area contributed by atoms with Gasteiger partial charge in [0.2, 0.25) is 0 Å². The lowest BCUT2D eigenvalue weighted by atomic mass is 10.0. The third-order valence-electron chi connectivity index (χ3n) is 3.41.